The van der Waals surface area contributed by atoms with Crippen molar-refractivity contribution in [1.82, 2.24) is 4.57 Å². The molecule has 0 unspecified atom stereocenters. The molecule has 1 aliphatic heterocycles. The first-order chi connectivity index (χ1) is 10.6. The first-order valence-corrected chi connectivity index (χ1v) is 7.42. The molecule has 0 N–H and O–H groups in total. The van der Waals surface area contributed by atoms with Gasteiger partial charge in [0.2, 0.25) is 0 Å². The molecule has 4 heteroatoms. The number of carbonyl (C=O) groups excluding carboxylic acids is 1. The minimum absolute atomic E-state index is 0.0111. The highest BCUT2D eigenvalue weighted by atomic mass is 16.3. The summed E-state index contributed by atoms with van der Waals surface area (Å²) in [4.78, 5) is 24.6. The minimum Gasteiger partial charge on any atom is -0.456 e. The van der Waals surface area contributed by atoms with E-state index in [4.69, 9.17) is 4.42 Å². The van der Waals surface area contributed by atoms with Crippen molar-refractivity contribution in [2.45, 2.75) is 26.3 Å². The van der Waals surface area contributed by atoms with Crippen molar-refractivity contribution in [3.63, 3.8) is 0 Å². The summed E-state index contributed by atoms with van der Waals surface area (Å²) in [6.07, 6.45) is 1.68. The fraction of sp³-hybridized carbons (Fsp3) is 0.222. The van der Waals surface area contributed by atoms with Gasteiger partial charge in [-0.3, -0.25) is 9.59 Å². The summed E-state index contributed by atoms with van der Waals surface area (Å²) in [6, 6.07) is 11.2. The molecule has 3 heterocycles. The number of hydrogen-bond donors (Lipinski definition) is 0. The van der Waals surface area contributed by atoms with E-state index in [2.05, 4.69) is 0 Å². The van der Waals surface area contributed by atoms with Gasteiger partial charge >= 0.3 is 0 Å². The van der Waals surface area contributed by atoms with Crippen LogP contribution in [0, 0.1) is 0 Å². The molecular weight excluding hydrogens is 278 g/mol. The molecule has 0 spiro atoms. The molecule has 2 aromatic heterocycles. The Morgan fingerprint density at radius 3 is 2.82 bits per heavy atom. The van der Waals surface area contributed by atoms with Crippen LogP contribution in [0.5, 0.6) is 0 Å². The van der Waals surface area contributed by atoms with Gasteiger partial charge in [-0.05, 0) is 38.0 Å². The average molecular weight is 293 g/mol. The monoisotopic (exact) mass is 293 g/mol. The van der Waals surface area contributed by atoms with Crippen molar-refractivity contribution in [3.05, 3.63) is 58.0 Å². The Labute approximate surface area is 127 Å². The Bertz CT molecular complexity index is 929. The van der Waals surface area contributed by atoms with Gasteiger partial charge in [0.05, 0.1) is 5.56 Å². The second kappa shape index (κ2) is 4.70. The lowest BCUT2D eigenvalue weighted by Gasteiger charge is -2.09. The van der Waals surface area contributed by atoms with Gasteiger partial charge in [-0.15, -0.1) is 0 Å². The summed E-state index contributed by atoms with van der Waals surface area (Å²) in [5.74, 6) is 0.513. The molecule has 22 heavy (non-hydrogen) atoms. The fourth-order valence-corrected chi connectivity index (χ4v) is 3.21. The summed E-state index contributed by atoms with van der Waals surface area (Å²) in [7, 11) is 0. The molecule has 0 bridgehead atoms. The molecule has 3 aromatic rings. The summed E-state index contributed by atoms with van der Waals surface area (Å²) in [5.41, 5.74) is 2.63. The van der Waals surface area contributed by atoms with E-state index in [1.54, 1.807) is 17.6 Å². The molecule has 0 radical (unpaired) electrons. The molecule has 0 saturated carbocycles. The van der Waals surface area contributed by atoms with E-state index >= 15 is 0 Å². The van der Waals surface area contributed by atoms with Crippen molar-refractivity contribution in [1.29, 1.82) is 0 Å². The van der Waals surface area contributed by atoms with Gasteiger partial charge in [-0.2, -0.15) is 0 Å². The van der Waals surface area contributed by atoms with E-state index in [1.165, 1.54) is 0 Å². The van der Waals surface area contributed by atoms with E-state index in [1.807, 2.05) is 30.3 Å². The SMILES string of the molecule is CC(=O)c1cc(-c2cc3ccccc3o2)c(=O)n2c1CCC2. The molecule has 1 aliphatic rings. The van der Waals surface area contributed by atoms with Crippen molar-refractivity contribution < 1.29 is 9.21 Å². The summed E-state index contributed by atoms with van der Waals surface area (Å²) >= 11 is 0. The summed E-state index contributed by atoms with van der Waals surface area (Å²) in [6.45, 7) is 2.21. The number of fused-ring (bicyclic) bond motifs is 2. The molecule has 4 nitrogen and oxygen atoms in total. The maximum absolute atomic E-state index is 12.7. The maximum Gasteiger partial charge on any atom is 0.261 e. The van der Waals surface area contributed by atoms with Crippen LogP contribution in [0.3, 0.4) is 0 Å². The standard InChI is InChI=1S/C18H15NO3/c1-11(20)13-10-14(18(21)19-8-4-6-15(13)19)17-9-12-5-2-3-7-16(12)22-17/h2-3,5,7,9-10H,4,6,8H2,1H3. The number of hydrogen-bond acceptors (Lipinski definition) is 3. The third-order valence-corrected chi connectivity index (χ3v) is 4.27. The Morgan fingerprint density at radius 2 is 2.05 bits per heavy atom. The minimum atomic E-state index is -0.0726. The maximum atomic E-state index is 12.7. The van der Waals surface area contributed by atoms with E-state index < -0.39 is 0 Å². The van der Waals surface area contributed by atoms with Gasteiger partial charge in [0.1, 0.15) is 11.3 Å². The van der Waals surface area contributed by atoms with E-state index in [9.17, 15) is 9.59 Å². The molecule has 0 aliphatic carbocycles. The number of aromatic nitrogens is 1. The predicted molar refractivity (Wildman–Crippen MR) is 84.2 cm³/mol. The van der Waals surface area contributed by atoms with Gasteiger partial charge in [-0.1, -0.05) is 18.2 Å². The van der Waals surface area contributed by atoms with Gasteiger partial charge in [-0.25, -0.2) is 0 Å². The molecule has 110 valence electrons. The summed E-state index contributed by atoms with van der Waals surface area (Å²) < 4.78 is 7.53. The van der Waals surface area contributed by atoms with Crippen LogP contribution >= 0.6 is 0 Å². The lowest BCUT2D eigenvalue weighted by Crippen LogP contribution is -2.23. The van der Waals surface area contributed by atoms with Crippen LogP contribution in [0.2, 0.25) is 0 Å². The number of benzene rings is 1. The number of para-hydroxylation sites is 1. The van der Waals surface area contributed by atoms with Gasteiger partial charge in [0, 0.05) is 23.2 Å². The Kier molecular flexibility index (Phi) is 2.79. The quantitative estimate of drug-likeness (QED) is 0.680. The number of ketones is 1. The van der Waals surface area contributed by atoms with Crippen molar-refractivity contribution in [2.75, 3.05) is 0 Å². The Balaban J connectivity index is 2.00. The van der Waals surface area contributed by atoms with Gasteiger partial charge in [0.15, 0.2) is 5.78 Å². The van der Waals surface area contributed by atoms with Crippen LogP contribution in [-0.2, 0) is 13.0 Å². The molecule has 1 aromatic carbocycles. The van der Waals surface area contributed by atoms with Gasteiger partial charge < -0.3 is 8.98 Å². The number of Topliss-reactive ketones (excluding diaryl/α,β-unsaturated/α-hetero) is 1. The topological polar surface area (TPSA) is 52.2 Å². The zero-order valence-corrected chi connectivity index (χ0v) is 12.3. The molecule has 0 amide bonds. The van der Waals surface area contributed by atoms with Crippen LogP contribution in [0.15, 0.2) is 45.6 Å². The number of furan rings is 1. The van der Waals surface area contributed by atoms with Crippen LogP contribution in [0.1, 0.15) is 29.4 Å². The van der Waals surface area contributed by atoms with Crippen LogP contribution < -0.4 is 5.56 Å². The number of pyridine rings is 1. The normalized spacial score (nSPS) is 13.5. The van der Waals surface area contributed by atoms with E-state index in [-0.39, 0.29) is 11.3 Å². The zero-order valence-electron chi connectivity index (χ0n) is 12.3. The highest BCUT2D eigenvalue weighted by molar-refractivity contribution is 5.96. The Morgan fingerprint density at radius 1 is 1.23 bits per heavy atom. The number of nitrogens with zero attached hydrogens (tertiary/aromatic N) is 1. The molecular formula is C18H15NO3. The molecule has 0 fully saturated rings. The lowest BCUT2D eigenvalue weighted by atomic mass is 10.0. The Hall–Kier alpha value is -2.62. The van der Waals surface area contributed by atoms with Crippen LogP contribution in [0.4, 0.5) is 0 Å². The number of carbonyl (C=O) groups is 1. The molecule has 4 rings (SSSR count). The van der Waals surface area contributed by atoms with Gasteiger partial charge in [0.25, 0.3) is 5.56 Å². The first-order valence-electron chi connectivity index (χ1n) is 7.42. The first kappa shape index (κ1) is 13.1. The fourth-order valence-electron chi connectivity index (χ4n) is 3.21. The average Bonchev–Trinajstić information content (AvgIpc) is 3.13. The highest BCUT2D eigenvalue weighted by Gasteiger charge is 2.23. The second-order valence-corrected chi connectivity index (χ2v) is 5.68. The second-order valence-electron chi connectivity index (χ2n) is 5.68. The number of rotatable bonds is 2. The third-order valence-electron chi connectivity index (χ3n) is 4.27. The molecule has 0 saturated heterocycles. The lowest BCUT2D eigenvalue weighted by molar-refractivity contribution is 0.101. The third kappa shape index (κ3) is 1.84. The van der Waals surface area contributed by atoms with E-state index in [0.717, 1.165) is 29.5 Å². The zero-order chi connectivity index (χ0) is 15.3. The predicted octanol–water partition coefficient (Wildman–Crippen LogP) is 3.41. The van der Waals surface area contributed by atoms with Crippen molar-refractivity contribution >= 4 is 16.8 Å². The van der Waals surface area contributed by atoms with Crippen molar-refractivity contribution in [3.8, 4) is 11.3 Å². The van der Waals surface area contributed by atoms with E-state index in [0.29, 0.717) is 23.4 Å². The van der Waals surface area contributed by atoms with Crippen LogP contribution in [0.25, 0.3) is 22.3 Å². The largest absolute Gasteiger partial charge is 0.456 e. The van der Waals surface area contributed by atoms with Crippen molar-refractivity contribution in [2.24, 2.45) is 0 Å². The molecule has 0 atom stereocenters. The smallest absolute Gasteiger partial charge is 0.261 e. The summed E-state index contributed by atoms with van der Waals surface area (Å²) in [5, 5.41) is 0.951. The highest BCUT2D eigenvalue weighted by Crippen LogP contribution is 2.28. The van der Waals surface area contributed by atoms with Crippen LogP contribution in [-0.4, -0.2) is 10.4 Å².